The van der Waals surface area contributed by atoms with Crippen molar-refractivity contribution in [3.05, 3.63) is 355 Å². The summed E-state index contributed by atoms with van der Waals surface area (Å²) in [6, 6.07) is 99.1. The van der Waals surface area contributed by atoms with E-state index in [1.807, 2.05) is 304 Å². The molecule has 14 nitrogen and oxygen atoms in total. The van der Waals surface area contributed by atoms with Crippen LogP contribution in [0.15, 0.2) is 333 Å². The molecule has 4 aliphatic heterocycles. The molecule has 101 heavy (non-hydrogen) atoms. The van der Waals surface area contributed by atoms with Crippen LogP contribution in [0.2, 0.25) is 0 Å². The Morgan fingerprint density at radius 3 is 1.15 bits per heavy atom. The monoisotopic (exact) mass is 1530 g/mol. The largest absolute Gasteiger partial charge is 0.521 e. The number of alkyl halides is 3. The van der Waals surface area contributed by atoms with Gasteiger partial charge in [0.25, 0.3) is 0 Å². The summed E-state index contributed by atoms with van der Waals surface area (Å²) in [6.07, 6.45) is -1.24. The lowest BCUT2D eigenvalue weighted by molar-refractivity contribution is -0.137. The maximum absolute atomic E-state index is 14.4. The molecule has 28 heteroatoms. The first-order valence-corrected chi connectivity index (χ1v) is 51.0. The average Bonchev–Trinajstić information content (AvgIpc) is 1.66. The summed E-state index contributed by atoms with van der Waals surface area (Å²) >= 11 is 0. The van der Waals surface area contributed by atoms with Crippen molar-refractivity contribution >= 4 is 158 Å². The lowest BCUT2D eigenvalue weighted by Crippen LogP contribution is -2.86. The van der Waals surface area contributed by atoms with Crippen molar-refractivity contribution in [2.24, 2.45) is 0 Å². The molecule has 0 amide bonds. The third-order valence-corrected chi connectivity index (χ3v) is 58.2. The summed E-state index contributed by atoms with van der Waals surface area (Å²) in [6.45, 7) is 2.04. The highest BCUT2D eigenvalue weighted by Gasteiger charge is 2.76. The van der Waals surface area contributed by atoms with E-state index in [1.54, 1.807) is 11.8 Å². The Hall–Kier alpha value is -7.48. The van der Waals surface area contributed by atoms with Crippen molar-refractivity contribution in [3.8, 4) is 0 Å². The van der Waals surface area contributed by atoms with Crippen molar-refractivity contribution in [3.63, 3.8) is 0 Å². The summed E-state index contributed by atoms with van der Waals surface area (Å²) < 4.78 is 161. The van der Waals surface area contributed by atoms with Gasteiger partial charge in [-0.3, -0.25) is 0 Å². The van der Waals surface area contributed by atoms with Gasteiger partial charge in [-0.1, -0.05) is 327 Å². The van der Waals surface area contributed by atoms with E-state index in [2.05, 4.69) is 12.1 Å². The maximum Gasteiger partial charge on any atom is 0.521 e. The van der Waals surface area contributed by atoms with Gasteiger partial charge in [0.2, 0.25) is 0 Å². The van der Waals surface area contributed by atoms with Gasteiger partial charge < -0.3 is 57.9 Å². The van der Waals surface area contributed by atoms with Crippen molar-refractivity contribution < 1.29 is 71.1 Å². The molecule has 508 valence electrons. The van der Waals surface area contributed by atoms with Crippen LogP contribution in [0.3, 0.4) is 0 Å². The zero-order chi connectivity index (χ0) is 69.1. The normalized spacial score (nSPS) is 28.6. The Balaban J connectivity index is 1.16. The van der Waals surface area contributed by atoms with E-state index in [9.17, 15) is 13.2 Å². The smallest absolute Gasteiger partial charge is 0.422 e. The Morgan fingerprint density at radius 1 is 0.347 bits per heavy atom. The number of hydrogen-bond donors (Lipinski definition) is 0. The minimum Gasteiger partial charge on any atom is -0.422 e. The van der Waals surface area contributed by atoms with Gasteiger partial charge in [-0.25, -0.2) is 0 Å². The first-order chi connectivity index (χ1) is 49.2. The highest BCUT2D eigenvalue weighted by atomic mass is 28.6. The van der Waals surface area contributed by atoms with E-state index < -0.39 is 100 Å². The molecule has 4 aliphatic rings. The molecule has 0 aromatic heterocycles. The van der Waals surface area contributed by atoms with Gasteiger partial charge in [0.1, 0.15) is 10.5 Å². The molecular formula is C73H67F3O14Si11. The zero-order valence-corrected chi connectivity index (χ0v) is 66.9. The number of rotatable bonds is 14. The maximum atomic E-state index is 14.4. The van der Waals surface area contributed by atoms with Gasteiger partial charge in [-0.15, -0.1) is 0 Å². The Bertz CT molecular complexity index is 4670. The van der Waals surface area contributed by atoms with Crippen LogP contribution in [0.25, 0.3) is 12.2 Å². The molecule has 9 unspecified atom stereocenters. The molecule has 0 radical (unpaired) electrons. The van der Waals surface area contributed by atoms with Crippen LogP contribution >= 0.6 is 0 Å². The third-order valence-electron chi connectivity index (χ3n) is 17.5. The molecular weight excluding hydrogens is 1470 g/mol. The standard InChI is InChI=1S/C73H67F3O14Si11/c1-60-47-49-61(50-48-60)56-58-95(66-33-15-4-16-34-66)84-99(70-41-23-8-24-42-70)82-93(64-29-11-2-12-30-64)81-96(67-35-17-5-18-36-67)77-59-92-79-94(65-31-13-3-14-32-65,57-55-62-51-53-63(54-52-62)73(74,75)76)83-97(78-91,68-37-19-6-20-38-68)87-101(90-99,72-45-27-10-28-46-72)89-98(80-92,69-39-21-7-22-40-69)88-100(85-95,86-96)71-43-25-9-26-44-71/h2-58,92-93H,59H2,1,91H3/b57-55+,58-56+/t92?,93?,94?,95?,96?,97?,98-,99?,100?,101?/m0/s1. The molecule has 0 spiro atoms. The molecule has 6 bridgehead atoms. The van der Waals surface area contributed by atoms with Gasteiger partial charge in [0.05, 0.1) is 11.8 Å². The molecule has 4 heterocycles. The third kappa shape index (κ3) is 14.1. The average molecular weight is 1530 g/mol. The fourth-order valence-electron chi connectivity index (χ4n) is 12.5. The molecule has 0 N–H and O–H groups in total. The van der Waals surface area contributed by atoms with Gasteiger partial charge in [-0.2, -0.15) is 13.2 Å². The molecule has 10 atom stereocenters. The van der Waals surface area contributed by atoms with Crippen LogP contribution in [0.1, 0.15) is 22.3 Å². The van der Waals surface area contributed by atoms with Crippen molar-refractivity contribution in [2.45, 2.75) is 13.1 Å². The first kappa shape index (κ1) is 69.2. The van der Waals surface area contributed by atoms with Gasteiger partial charge in [0, 0.05) is 31.1 Å². The molecule has 4 saturated heterocycles. The zero-order valence-electron chi connectivity index (χ0n) is 54.6. The molecule has 0 aliphatic carbocycles. The minimum absolute atomic E-state index is 0.0499. The number of hydrogen-bond acceptors (Lipinski definition) is 14. The van der Waals surface area contributed by atoms with Crippen LogP contribution in [-0.4, -0.2) is 105 Å². The van der Waals surface area contributed by atoms with Crippen LogP contribution in [0.4, 0.5) is 13.2 Å². The van der Waals surface area contributed by atoms with Crippen LogP contribution < -0.4 is 46.7 Å². The van der Waals surface area contributed by atoms with Crippen LogP contribution in [-0.2, 0) is 64.1 Å². The lowest BCUT2D eigenvalue weighted by atomic mass is 10.1. The van der Waals surface area contributed by atoms with E-state index >= 15 is 0 Å². The fraction of sp³-hybridized carbons (Fsp3) is 0.0411. The number of halogens is 3. The molecule has 0 saturated carbocycles. The fourth-order valence-corrected chi connectivity index (χ4v) is 64.3. The van der Waals surface area contributed by atoms with Crippen LogP contribution in [0, 0.1) is 6.92 Å². The Kier molecular flexibility index (Phi) is 19.9. The summed E-state index contributed by atoms with van der Waals surface area (Å²) in [5.41, 5.74) is 5.29. The van der Waals surface area contributed by atoms with E-state index in [0.29, 0.717) is 52.2 Å². The number of fused-ring (bicyclic) bond motifs is 6. The van der Waals surface area contributed by atoms with E-state index in [-0.39, 0.29) is 16.7 Å². The highest BCUT2D eigenvalue weighted by Crippen LogP contribution is 2.42. The predicted octanol–water partition coefficient (Wildman–Crippen LogP) is 7.05. The van der Waals surface area contributed by atoms with Crippen molar-refractivity contribution in [1.82, 2.24) is 0 Å². The number of aryl methyl sites for hydroxylation is 1. The van der Waals surface area contributed by atoms with Crippen molar-refractivity contribution in [1.29, 1.82) is 0 Å². The van der Waals surface area contributed by atoms with E-state index in [1.165, 1.54) is 12.1 Å². The molecule has 4 fully saturated rings. The van der Waals surface area contributed by atoms with E-state index in [0.717, 1.165) is 23.3 Å². The quantitative estimate of drug-likeness (QED) is 0.103. The van der Waals surface area contributed by atoms with E-state index in [4.69, 9.17) is 57.9 Å². The molecule has 15 rings (SSSR count). The second kappa shape index (κ2) is 29.0. The second-order valence-corrected chi connectivity index (χ2v) is 53.7. The first-order valence-electron chi connectivity index (χ1n) is 32.8. The van der Waals surface area contributed by atoms with Crippen molar-refractivity contribution in [2.75, 3.05) is 6.23 Å². The Morgan fingerprint density at radius 2 is 0.693 bits per heavy atom. The SMILES string of the molecule is Cc1ccc(/C=C/[Si]2(c3ccccc3)O[Si]3(c4ccccc4)O[SiH](c4ccccc4)O[Si]4(c5ccccc5)OC[SiH]5O[Si](/C=C/c6ccc(C(F)(F)F)cc6)(c6ccccc6)O[Si](O[SiH3])(c6ccccc6)O[Si](c6ccccc6)(O3)O[Si@@](c3ccccc3)(O5)O[Si](c3ccccc3)(O2)O4)cc1. The number of benzene rings is 11. The summed E-state index contributed by atoms with van der Waals surface area (Å²) in [5, 5.41) is 4.57. The lowest BCUT2D eigenvalue weighted by Gasteiger charge is -2.54. The second-order valence-electron chi connectivity index (χ2n) is 24.3. The van der Waals surface area contributed by atoms with Gasteiger partial charge >= 0.3 is 94.7 Å². The topological polar surface area (TPSA) is 129 Å². The summed E-state index contributed by atoms with van der Waals surface area (Å²) in [7, 11) is -48.8. The van der Waals surface area contributed by atoms with Crippen LogP contribution in [0.5, 0.6) is 0 Å². The van der Waals surface area contributed by atoms with Gasteiger partial charge in [-0.05, 0) is 57.1 Å². The summed E-state index contributed by atoms with van der Waals surface area (Å²) in [4.78, 5) is 0. The molecule has 11 aromatic carbocycles. The predicted molar refractivity (Wildman–Crippen MR) is 406 cm³/mol. The minimum atomic E-state index is -5.50. The highest BCUT2D eigenvalue weighted by molar-refractivity contribution is 7.10. The Labute approximate surface area is 599 Å². The molecule has 11 aromatic rings. The van der Waals surface area contributed by atoms with Gasteiger partial charge in [0.15, 0.2) is 0 Å². The summed E-state index contributed by atoms with van der Waals surface area (Å²) in [5.74, 6) is 0.